The molecule has 7 heteroatoms. The number of sulfonamides is 1. The summed E-state index contributed by atoms with van der Waals surface area (Å²) in [5.41, 5.74) is 0.581. The summed E-state index contributed by atoms with van der Waals surface area (Å²) in [6.07, 6.45) is 1.07. The Hall–Kier alpha value is -1.44. The molecule has 0 amide bonds. The first-order valence-electron chi connectivity index (χ1n) is 6.76. The standard InChI is InChI=1S/C14H19NO5S/c1-20-10-12-5-2-3-7-13(12)21(18,19)15-8-4-6-11(9-15)14(16)17/h2-3,5,7,11H,4,6,8-10H2,1H3,(H,16,17). The van der Waals surface area contributed by atoms with E-state index in [4.69, 9.17) is 9.84 Å². The van der Waals surface area contributed by atoms with E-state index in [9.17, 15) is 13.2 Å². The molecule has 1 atom stereocenters. The van der Waals surface area contributed by atoms with Crippen molar-refractivity contribution in [3.63, 3.8) is 0 Å². The minimum absolute atomic E-state index is 0.0268. The highest BCUT2D eigenvalue weighted by molar-refractivity contribution is 7.89. The lowest BCUT2D eigenvalue weighted by atomic mass is 10.0. The molecule has 1 N–H and O–H groups in total. The molecule has 1 fully saturated rings. The average molecular weight is 313 g/mol. The zero-order valence-electron chi connectivity index (χ0n) is 11.9. The van der Waals surface area contributed by atoms with Gasteiger partial charge in [0.25, 0.3) is 0 Å². The quantitative estimate of drug-likeness (QED) is 0.886. The molecule has 1 aliphatic heterocycles. The molecule has 2 rings (SSSR count). The van der Waals surface area contributed by atoms with E-state index in [1.165, 1.54) is 17.5 Å². The molecular formula is C14H19NO5S. The van der Waals surface area contributed by atoms with Gasteiger partial charge >= 0.3 is 5.97 Å². The minimum Gasteiger partial charge on any atom is -0.481 e. The fourth-order valence-corrected chi connectivity index (χ4v) is 4.26. The van der Waals surface area contributed by atoms with Gasteiger partial charge in [0.15, 0.2) is 0 Å². The third-order valence-corrected chi connectivity index (χ3v) is 5.59. The maximum atomic E-state index is 12.7. The first-order chi connectivity index (χ1) is 9.96. The average Bonchev–Trinajstić information content (AvgIpc) is 2.48. The number of benzene rings is 1. The molecule has 6 nitrogen and oxygen atoms in total. The van der Waals surface area contributed by atoms with E-state index < -0.39 is 21.9 Å². The van der Waals surface area contributed by atoms with Crippen LogP contribution in [0.5, 0.6) is 0 Å². The Balaban J connectivity index is 2.31. The molecule has 1 aliphatic rings. The molecule has 1 heterocycles. The van der Waals surface area contributed by atoms with Crippen molar-refractivity contribution in [2.45, 2.75) is 24.3 Å². The van der Waals surface area contributed by atoms with Gasteiger partial charge in [0.1, 0.15) is 0 Å². The summed E-state index contributed by atoms with van der Waals surface area (Å²) in [6.45, 7) is 0.581. The topological polar surface area (TPSA) is 83.9 Å². The van der Waals surface area contributed by atoms with Crippen molar-refractivity contribution in [3.8, 4) is 0 Å². The van der Waals surface area contributed by atoms with E-state index in [0.29, 0.717) is 24.9 Å². The van der Waals surface area contributed by atoms with Crippen LogP contribution in [0.4, 0.5) is 0 Å². The van der Waals surface area contributed by atoms with Gasteiger partial charge in [-0.25, -0.2) is 8.42 Å². The number of aliphatic carboxylic acids is 1. The van der Waals surface area contributed by atoms with Crippen LogP contribution in [-0.4, -0.2) is 44.0 Å². The van der Waals surface area contributed by atoms with Crippen molar-refractivity contribution in [2.75, 3.05) is 20.2 Å². The maximum absolute atomic E-state index is 12.7. The number of piperidine rings is 1. The lowest BCUT2D eigenvalue weighted by Gasteiger charge is -2.30. The molecule has 116 valence electrons. The minimum atomic E-state index is -3.69. The molecule has 0 aliphatic carbocycles. The lowest BCUT2D eigenvalue weighted by Crippen LogP contribution is -2.42. The molecule has 0 saturated carbocycles. The van der Waals surface area contributed by atoms with Crippen molar-refractivity contribution in [1.82, 2.24) is 4.31 Å². The fourth-order valence-electron chi connectivity index (χ4n) is 2.53. The van der Waals surface area contributed by atoms with Gasteiger partial charge in [-0.2, -0.15) is 4.31 Å². The van der Waals surface area contributed by atoms with Crippen LogP contribution in [0.3, 0.4) is 0 Å². The summed E-state index contributed by atoms with van der Waals surface area (Å²) in [6, 6.07) is 6.65. The first kappa shape index (κ1) is 15.9. The third-order valence-electron chi connectivity index (χ3n) is 3.62. The maximum Gasteiger partial charge on any atom is 0.307 e. The monoisotopic (exact) mass is 313 g/mol. The van der Waals surface area contributed by atoms with Gasteiger partial charge < -0.3 is 9.84 Å². The summed E-state index contributed by atoms with van der Waals surface area (Å²) in [7, 11) is -2.19. The van der Waals surface area contributed by atoms with Crippen LogP contribution in [0.25, 0.3) is 0 Å². The Morgan fingerprint density at radius 1 is 1.43 bits per heavy atom. The molecule has 0 bridgehead atoms. The van der Waals surface area contributed by atoms with Crippen molar-refractivity contribution in [1.29, 1.82) is 0 Å². The van der Waals surface area contributed by atoms with Crippen LogP contribution in [0.2, 0.25) is 0 Å². The smallest absolute Gasteiger partial charge is 0.307 e. The summed E-state index contributed by atoms with van der Waals surface area (Å²) in [5.74, 6) is -1.58. The largest absolute Gasteiger partial charge is 0.481 e. The SMILES string of the molecule is COCc1ccccc1S(=O)(=O)N1CCCC(C(=O)O)C1. The normalized spacial score (nSPS) is 20.3. The molecular weight excluding hydrogens is 294 g/mol. The van der Waals surface area contributed by atoms with Gasteiger partial charge in [-0.05, 0) is 24.5 Å². The number of rotatable bonds is 5. The molecule has 1 unspecified atom stereocenters. The fraction of sp³-hybridized carbons (Fsp3) is 0.500. The van der Waals surface area contributed by atoms with Gasteiger partial charge in [-0.3, -0.25) is 4.79 Å². The number of ether oxygens (including phenoxy) is 1. The predicted molar refractivity (Wildman–Crippen MR) is 76.3 cm³/mol. The van der Waals surface area contributed by atoms with Gasteiger partial charge in [0.2, 0.25) is 10.0 Å². The number of hydrogen-bond acceptors (Lipinski definition) is 4. The highest BCUT2D eigenvalue weighted by Gasteiger charge is 2.34. The highest BCUT2D eigenvalue weighted by Crippen LogP contribution is 2.26. The molecule has 1 saturated heterocycles. The van der Waals surface area contributed by atoms with E-state index in [1.807, 2.05) is 0 Å². The van der Waals surface area contributed by atoms with Gasteiger partial charge in [-0.1, -0.05) is 18.2 Å². The van der Waals surface area contributed by atoms with Crippen molar-refractivity contribution in [2.24, 2.45) is 5.92 Å². The Morgan fingerprint density at radius 3 is 2.81 bits per heavy atom. The number of carboxylic acids is 1. The Morgan fingerprint density at radius 2 is 2.14 bits per heavy atom. The second-order valence-electron chi connectivity index (χ2n) is 5.08. The molecule has 0 aromatic heterocycles. The Labute approximate surface area is 124 Å². The van der Waals surface area contributed by atoms with Crippen LogP contribution in [-0.2, 0) is 26.2 Å². The Bertz CT molecular complexity index is 614. The number of carboxylic acid groups (broad SMARTS) is 1. The van der Waals surface area contributed by atoms with Gasteiger partial charge in [0, 0.05) is 20.2 Å². The number of nitrogens with zero attached hydrogens (tertiary/aromatic N) is 1. The van der Waals surface area contributed by atoms with E-state index in [0.717, 1.165) is 0 Å². The number of hydrogen-bond donors (Lipinski definition) is 1. The zero-order valence-corrected chi connectivity index (χ0v) is 12.7. The van der Waals surface area contributed by atoms with Crippen LogP contribution in [0.15, 0.2) is 29.2 Å². The number of carbonyl (C=O) groups is 1. The van der Waals surface area contributed by atoms with Crippen molar-refractivity contribution >= 4 is 16.0 Å². The van der Waals surface area contributed by atoms with Crippen molar-refractivity contribution < 1.29 is 23.1 Å². The summed E-state index contributed by atoms with van der Waals surface area (Å²) in [4.78, 5) is 11.3. The van der Waals surface area contributed by atoms with Crippen LogP contribution >= 0.6 is 0 Å². The van der Waals surface area contributed by atoms with Crippen LogP contribution in [0.1, 0.15) is 18.4 Å². The van der Waals surface area contributed by atoms with Gasteiger partial charge in [-0.15, -0.1) is 0 Å². The highest BCUT2D eigenvalue weighted by atomic mass is 32.2. The third kappa shape index (κ3) is 3.42. The van der Waals surface area contributed by atoms with E-state index in [1.54, 1.807) is 18.2 Å². The van der Waals surface area contributed by atoms with Crippen LogP contribution < -0.4 is 0 Å². The van der Waals surface area contributed by atoms with Crippen molar-refractivity contribution in [3.05, 3.63) is 29.8 Å². The molecule has 0 radical (unpaired) electrons. The number of methoxy groups -OCH3 is 1. The first-order valence-corrected chi connectivity index (χ1v) is 8.20. The summed E-state index contributed by atoms with van der Waals surface area (Å²) < 4.78 is 31.8. The molecule has 1 aromatic rings. The van der Waals surface area contributed by atoms with E-state index >= 15 is 0 Å². The van der Waals surface area contributed by atoms with Crippen LogP contribution in [0, 0.1) is 5.92 Å². The second kappa shape index (κ2) is 6.55. The molecule has 21 heavy (non-hydrogen) atoms. The molecule has 1 aromatic carbocycles. The second-order valence-corrected chi connectivity index (χ2v) is 6.99. The summed E-state index contributed by atoms with van der Waals surface area (Å²) in [5, 5.41) is 9.09. The Kier molecular flexibility index (Phi) is 4.97. The van der Waals surface area contributed by atoms with E-state index in [-0.39, 0.29) is 18.0 Å². The van der Waals surface area contributed by atoms with E-state index in [2.05, 4.69) is 0 Å². The zero-order chi connectivity index (χ0) is 15.5. The lowest BCUT2D eigenvalue weighted by molar-refractivity contribution is -0.142. The molecule has 0 spiro atoms. The summed E-state index contributed by atoms with van der Waals surface area (Å²) >= 11 is 0. The van der Waals surface area contributed by atoms with Gasteiger partial charge in [0.05, 0.1) is 17.4 Å². The predicted octanol–water partition coefficient (Wildman–Crippen LogP) is 1.32.